The predicted molar refractivity (Wildman–Crippen MR) is 47.6 cm³/mol. The van der Waals surface area contributed by atoms with E-state index in [-0.39, 0.29) is 18.4 Å². The zero-order valence-electron chi connectivity index (χ0n) is 7.69. The topological polar surface area (TPSA) is 89.4 Å². The molecule has 0 bridgehead atoms. The van der Waals surface area contributed by atoms with Gasteiger partial charge in [0.05, 0.1) is 0 Å². The Balaban J connectivity index is 2.44. The summed E-state index contributed by atoms with van der Waals surface area (Å²) >= 11 is 0. The number of carbonyl (C=O) groups is 2. The van der Waals surface area contributed by atoms with Gasteiger partial charge in [-0.05, 0) is 13.3 Å². The lowest BCUT2D eigenvalue weighted by molar-refractivity contribution is -0.146. The molecule has 4 N–H and O–H groups in total. The lowest BCUT2D eigenvalue weighted by Crippen LogP contribution is -2.57. The van der Waals surface area contributed by atoms with Gasteiger partial charge in [0.25, 0.3) is 0 Å². The molecule has 1 saturated heterocycles. The minimum Gasteiger partial charge on any atom is -0.368 e. The van der Waals surface area contributed by atoms with Crippen LogP contribution in [0.15, 0.2) is 0 Å². The van der Waals surface area contributed by atoms with Crippen molar-refractivity contribution in [3.8, 4) is 0 Å². The second-order valence-corrected chi connectivity index (χ2v) is 3.48. The number of primary amides is 1. The molecule has 1 heterocycles. The van der Waals surface area contributed by atoms with Crippen LogP contribution in [0, 0.1) is 0 Å². The van der Waals surface area contributed by atoms with E-state index in [1.165, 1.54) is 4.90 Å². The van der Waals surface area contributed by atoms with Crippen LogP contribution in [-0.4, -0.2) is 35.3 Å². The zero-order chi connectivity index (χ0) is 10.0. The second-order valence-electron chi connectivity index (χ2n) is 3.48. The predicted octanol–water partition coefficient (Wildman–Crippen LogP) is -1.19. The Morgan fingerprint density at radius 3 is 2.54 bits per heavy atom. The minimum atomic E-state index is -0.427. The molecule has 1 unspecified atom stereocenters. The molecule has 1 aliphatic rings. The third-order valence-corrected chi connectivity index (χ3v) is 2.17. The van der Waals surface area contributed by atoms with Crippen molar-refractivity contribution in [2.24, 2.45) is 11.5 Å². The van der Waals surface area contributed by atoms with Gasteiger partial charge >= 0.3 is 0 Å². The molecule has 0 spiro atoms. The molecule has 1 aliphatic heterocycles. The first-order chi connectivity index (χ1) is 6.02. The number of hydrogen-bond donors (Lipinski definition) is 2. The Morgan fingerprint density at radius 2 is 2.23 bits per heavy atom. The molecule has 2 atom stereocenters. The summed E-state index contributed by atoms with van der Waals surface area (Å²) in [5.74, 6) is -0.505. The summed E-state index contributed by atoms with van der Waals surface area (Å²) in [6.07, 6.45) is 0.962. The van der Waals surface area contributed by atoms with E-state index in [0.717, 1.165) is 0 Å². The Kier molecular flexibility index (Phi) is 2.87. The highest BCUT2D eigenvalue weighted by Gasteiger charge is 2.35. The first-order valence-electron chi connectivity index (χ1n) is 4.36. The Bertz CT molecular complexity index is 227. The average Bonchev–Trinajstić information content (AvgIpc) is 1.79. The normalized spacial score (nSPS) is 23.5. The smallest absolute Gasteiger partial charge is 0.240 e. The SMILES string of the molecule is C[C@H](N)CC(=O)N1CCC1C(N)=O. The molecule has 0 aromatic heterocycles. The van der Waals surface area contributed by atoms with E-state index < -0.39 is 11.9 Å². The van der Waals surface area contributed by atoms with Crippen molar-refractivity contribution in [2.45, 2.75) is 31.8 Å². The van der Waals surface area contributed by atoms with Crippen molar-refractivity contribution >= 4 is 11.8 Å². The lowest BCUT2D eigenvalue weighted by Gasteiger charge is -2.39. The third kappa shape index (κ3) is 2.18. The van der Waals surface area contributed by atoms with E-state index in [1.54, 1.807) is 6.92 Å². The van der Waals surface area contributed by atoms with Crippen LogP contribution in [0.2, 0.25) is 0 Å². The fourth-order valence-electron chi connectivity index (χ4n) is 1.37. The summed E-state index contributed by atoms with van der Waals surface area (Å²) in [4.78, 5) is 23.7. The van der Waals surface area contributed by atoms with E-state index in [9.17, 15) is 9.59 Å². The van der Waals surface area contributed by atoms with Crippen LogP contribution in [0.25, 0.3) is 0 Å². The summed E-state index contributed by atoms with van der Waals surface area (Å²) in [7, 11) is 0. The summed E-state index contributed by atoms with van der Waals surface area (Å²) in [5, 5.41) is 0. The molecule has 1 fully saturated rings. The van der Waals surface area contributed by atoms with Crippen molar-refractivity contribution in [3.05, 3.63) is 0 Å². The van der Waals surface area contributed by atoms with E-state index in [4.69, 9.17) is 11.5 Å². The van der Waals surface area contributed by atoms with Crippen LogP contribution < -0.4 is 11.5 Å². The zero-order valence-corrected chi connectivity index (χ0v) is 7.69. The Labute approximate surface area is 77.1 Å². The van der Waals surface area contributed by atoms with Crippen LogP contribution in [0.3, 0.4) is 0 Å². The van der Waals surface area contributed by atoms with Crippen LogP contribution >= 0.6 is 0 Å². The molecule has 13 heavy (non-hydrogen) atoms. The fourth-order valence-corrected chi connectivity index (χ4v) is 1.37. The molecule has 0 saturated carbocycles. The number of nitrogens with two attached hydrogens (primary N) is 2. The molecule has 0 aromatic carbocycles. The van der Waals surface area contributed by atoms with Gasteiger partial charge in [-0.15, -0.1) is 0 Å². The van der Waals surface area contributed by atoms with Crippen molar-refractivity contribution in [1.82, 2.24) is 4.90 Å². The molecule has 0 radical (unpaired) electrons. The minimum absolute atomic E-state index is 0.0787. The lowest BCUT2D eigenvalue weighted by atomic mass is 10.0. The van der Waals surface area contributed by atoms with Crippen molar-refractivity contribution < 1.29 is 9.59 Å². The molecular formula is C8H15N3O2. The second kappa shape index (κ2) is 3.74. The van der Waals surface area contributed by atoms with Gasteiger partial charge in [0, 0.05) is 19.0 Å². The van der Waals surface area contributed by atoms with Crippen LogP contribution in [0.1, 0.15) is 19.8 Å². The van der Waals surface area contributed by atoms with Gasteiger partial charge in [-0.1, -0.05) is 0 Å². The molecular weight excluding hydrogens is 170 g/mol. The highest BCUT2D eigenvalue weighted by Crippen LogP contribution is 2.18. The largest absolute Gasteiger partial charge is 0.368 e. The van der Waals surface area contributed by atoms with Gasteiger partial charge in [-0.3, -0.25) is 9.59 Å². The Morgan fingerprint density at radius 1 is 1.62 bits per heavy atom. The number of likely N-dealkylation sites (tertiary alicyclic amines) is 1. The maximum absolute atomic E-state index is 11.4. The Hall–Kier alpha value is -1.10. The van der Waals surface area contributed by atoms with Gasteiger partial charge < -0.3 is 16.4 Å². The highest BCUT2D eigenvalue weighted by molar-refractivity contribution is 5.88. The molecule has 5 nitrogen and oxygen atoms in total. The van der Waals surface area contributed by atoms with Gasteiger partial charge in [-0.2, -0.15) is 0 Å². The van der Waals surface area contributed by atoms with Crippen LogP contribution in [0.4, 0.5) is 0 Å². The molecule has 0 aromatic rings. The first-order valence-corrected chi connectivity index (χ1v) is 4.36. The molecule has 0 aliphatic carbocycles. The van der Waals surface area contributed by atoms with Crippen molar-refractivity contribution in [1.29, 1.82) is 0 Å². The van der Waals surface area contributed by atoms with Crippen LogP contribution in [0.5, 0.6) is 0 Å². The van der Waals surface area contributed by atoms with Crippen molar-refractivity contribution in [3.63, 3.8) is 0 Å². The summed E-state index contributed by atoms with van der Waals surface area (Å²) in [5.41, 5.74) is 10.6. The maximum atomic E-state index is 11.4. The summed E-state index contributed by atoms with van der Waals surface area (Å²) in [6.45, 7) is 2.39. The molecule has 1 rings (SSSR count). The van der Waals surface area contributed by atoms with Crippen LogP contribution in [-0.2, 0) is 9.59 Å². The maximum Gasteiger partial charge on any atom is 0.240 e. The van der Waals surface area contributed by atoms with E-state index in [1.807, 2.05) is 0 Å². The number of amides is 2. The van der Waals surface area contributed by atoms with Gasteiger partial charge in [0.1, 0.15) is 6.04 Å². The summed E-state index contributed by atoms with van der Waals surface area (Å²) < 4.78 is 0. The highest BCUT2D eigenvalue weighted by atomic mass is 16.2. The molecule has 5 heteroatoms. The van der Waals surface area contributed by atoms with Gasteiger partial charge in [0.15, 0.2) is 0 Å². The monoisotopic (exact) mass is 185 g/mol. The van der Waals surface area contributed by atoms with Gasteiger partial charge in [-0.25, -0.2) is 0 Å². The summed E-state index contributed by atoms with van der Waals surface area (Å²) in [6, 6.07) is -0.562. The number of hydrogen-bond acceptors (Lipinski definition) is 3. The van der Waals surface area contributed by atoms with Gasteiger partial charge in [0.2, 0.25) is 11.8 Å². The third-order valence-electron chi connectivity index (χ3n) is 2.17. The van der Waals surface area contributed by atoms with E-state index >= 15 is 0 Å². The molecule has 74 valence electrons. The fraction of sp³-hybridized carbons (Fsp3) is 0.750. The standard InChI is InChI=1S/C8H15N3O2/c1-5(9)4-7(12)11-3-2-6(11)8(10)13/h5-6H,2-4,9H2,1H3,(H2,10,13)/t5-,6?/m0/s1. The van der Waals surface area contributed by atoms with E-state index in [0.29, 0.717) is 13.0 Å². The number of carbonyl (C=O) groups excluding carboxylic acids is 2. The average molecular weight is 185 g/mol. The quantitative estimate of drug-likeness (QED) is 0.579. The molecule has 2 amide bonds. The number of nitrogens with zero attached hydrogens (tertiary/aromatic N) is 1. The van der Waals surface area contributed by atoms with E-state index in [2.05, 4.69) is 0 Å². The first kappa shape index (κ1) is 9.98. The number of rotatable bonds is 3. The van der Waals surface area contributed by atoms with Crippen molar-refractivity contribution in [2.75, 3.05) is 6.54 Å².